The van der Waals surface area contributed by atoms with Crippen molar-refractivity contribution in [2.24, 2.45) is 5.73 Å². The fourth-order valence-electron chi connectivity index (χ4n) is 2.48. The Hall–Kier alpha value is -0.910. The average Bonchev–Trinajstić information content (AvgIpc) is 2.62. The van der Waals surface area contributed by atoms with Crippen molar-refractivity contribution in [1.82, 2.24) is 5.32 Å². The van der Waals surface area contributed by atoms with Crippen molar-refractivity contribution >= 4 is 9.84 Å². The fraction of sp³-hybridized carbons (Fsp3) is 0.538. The zero-order valence-corrected chi connectivity index (χ0v) is 11.4. The number of sulfone groups is 1. The molecule has 0 aromatic heterocycles. The molecule has 0 aliphatic heterocycles. The average molecular weight is 268 g/mol. The standard InChI is InChI=1S/C13H20N2O2S/c1-18(16,17)8-4-7-15-13-9-12(14)10-5-2-3-6-11(10)13/h2-3,5-6,12-13,15H,4,7-9,14H2,1H3. The van der Waals surface area contributed by atoms with E-state index in [1.807, 2.05) is 12.1 Å². The molecule has 4 nitrogen and oxygen atoms in total. The van der Waals surface area contributed by atoms with Crippen LogP contribution in [0.1, 0.15) is 36.1 Å². The van der Waals surface area contributed by atoms with Crippen molar-refractivity contribution in [3.8, 4) is 0 Å². The van der Waals surface area contributed by atoms with E-state index in [-0.39, 0.29) is 17.8 Å². The minimum absolute atomic E-state index is 0.0913. The molecule has 0 saturated carbocycles. The van der Waals surface area contributed by atoms with Gasteiger partial charge < -0.3 is 11.1 Å². The molecule has 0 bridgehead atoms. The monoisotopic (exact) mass is 268 g/mol. The molecule has 0 fully saturated rings. The van der Waals surface area contributed by atoms with Gasteiger partial charge in [-0.25, -0.2) is 8.42 Å². The van der Waals surface area contributed by atoms with Gasteiger partial charge in [-0.15, -0.1) is 0 Å². The highest BCUT2D eigenvalue weighted by Crippen LogP contribution is 2.36. The van der Waals surface area contributed by atoms with Gasteiger partial charge in [0.05, 0.1) is 5.75 Å². The maximum atomic E-state index is 11.0. The van der Waals surface area contributed by atoms with Crippen LogP contribution in [0, 0.1) is 0 Å². The molecule has 3 N–H and O–H groups in total. The predicted molar refractivity (Wildman–Crippen MR) is 73.1 cm³/mol. The van der Waals surface area contributed by atoms with Crippen LogP contribution in [-0.2, 0) is 9.84 Å². The Morgan fingerprint density at radius 3 is 2.67 bits per heavy atom. The molecular weight excluding hydrogens is 248 g/mol. The Kier molecular flexibility index (Phi) is 4.04. The van der Waals surface area contributed by atoms with Gasteiger partial charge in [0.2, 0.25) is 0 Å². The first-order valence-electron chi connectivity index (χ1n) is 6.23. The highest BCUT2D eigenvalue weighted by Gasteiger charge is 2.27. The van der Waals surface area contributed by atoms with Crippen LogP contribution < -0.4 is 11.1 Å². The van der Waals surface area contributed by atoms with E-state index >= 15 is 0 Å². The van der Waals surface area contributed by atoms with E-state index in [1.54, 1.807) is 0 Å². The molecule has 1 aromatic rings. The van der Waals surface area contributed by atoms with Gasteiger partial charge in [-0.05, 0) is 30.5 Å². The topological polar surface area (TPSA) is 72.2 Å². The summed E-state index contributed by atoms with van der Waals surface area (Å²) in [4.78, 5) is 0. The first-order chi connectivity index (χ1) is 8.47. The number of rotatable bonds is 5. The maximum Gasteiger partial charge on any atom is 0.147 e. The highest BCUT2D eigenvalue weighted by molar-refractivity contribution is 7.90. The van der Waals surface area contributed by atoms with E-state index in [0.29, 0.717) is 13.0 Å². The number of fused-ring (bicyclic) bond motifs is 1. The van der Waals surface area contributed by atoms with Crippen LogP contribution in [0.5, 0.6) is 0 Å². The third-order valence-corrected chi connectivity index (χ3v) is 4.37. The number of nitrogens with two attached hydrogens (primary N) is 1. The molecule has 18 heavy (non-hydrogen) atoms. The van der Waals surface area contributed by atoms with Crippen LogP contribution in [0.4, 0.5) is 0 Å². The van der Waals surface area contributed by atoms with Gasteiger partial charge in [-0.3, -0.25) is 0 Å². The zero-order valence-electron chi connectivity index (χ0n) is 10.6. The van der Waals surface area contributed by atoms with E-state index in [1.165, 1.54) is 17.4 Å². The molecule has 0 heterocycles. The second-order valence-electron chi connectivity index (χ2n) is 4.96. The van der Waals surface area contributed by atoms with Crippen LogP contribution in [0.3, 0.4) is 0 Å². The van der Waals surface area contributed by atoms with E-state index in [0.717, 1.165) is 6.42 Å². The van der Waals surface area contributed by atoms with Crippen LogP contribution >= 0.6 is 0 Å². The van der Waals surface area contributed by atoms with Crippen molar-refractivity contribution in [3.63, 3.8) is 0 Å². The van der Waals surface area contributed by atoms with Gasteiger partial charge in [0.15, 0.2) is 0 Å². The second kappa shape index (κ2) is 5.38. The molecule has 1 aliphatic carbocycles. The molecule has 2 atom stereocenters. The Balaban J connectivity index is 1.89. The summed E-state index contributed by atoms with van der Waals surface area (Å²) in [6.45, 7) is 0.707. The third kappa shape index (κ3) is 3.31. The predicted octanol–water partition coefficient (Wildman–Crippen LogP) is 1.16. The lowest BCUT2D eigenvalue weighted by molar-refractivity contribution is 0.497. The molecule has 1 aliphatic rings. The summed E-state index contributed by atoms with van der Waals surface area (Å²) in [6, 6.07) is 8.53. The highest BCUT2D eigenvalue weighted by atomic mass is 32.2. The second-order valence-corrected chi connectivity index (χ2v) is 7.22. The smallest absolute Gasteiger partial charge is 0.147 e. The molecule has 0 radical (unpaired) electrons. The van der Waals surface area contributed by atoms with Crippen LogP contribution in [0.2, 0.25) is 0 Å². The van der Waals surface area contributed by atoms with E-state index in [2.05, 4.69) is 17.4 Å². The Labute approximate surface area is 108 Å². The summed E-state index contributed by atoms with van der Waals surface area (Å²) in [5.74, 6) is 0.237. The van der Waals surface area contributed by atoms with Gasteiger partial charge in [0.25, 0.3) is 0 Å². The van der Waals surface area contributed by atoms with Gasteiger partial charge >= 0.3 is 0 Å². The summed E-state index contributed by atoms with van der Waals surface area (Å²) < 4.78 is 22.1. The van der Waals surface area contributed by atoms with Crippen molar-refractivity contribution in [2.75, 3.05) is 18.6 Å². The zero-order chi connectivity index (χ0) is 13.2. The Bertz CT molecular complexity index is 513. The largest absolute Gasteiger partial charge is 0.324 e. The first-order valence-corrected chi connectivity index (χ1v) is 8.29. The summed E-state index contributed by atoms with van der Waals surface area (Å²) in [7, 11) is -2.86. The number of nitrogens with one attached hydrogen (secondary N) is 1. The number of hydrogen-bond donors (Lipinski definition) is 2. The van der Waals surface area contributed by atoms with E-state index in [9.17, 15) is 8.42 Å². The fourth-order valence-corrected chi connectivity index (χ4v) is 3.15. The van der Waals surface area contributed by atoms with Crippen molar-refractivity contribution in [3.05, 3.63) is 35.4 Å². The molecule has 1 aromatic carbocycles. The van der Waals surface area contributed by atoms with Crippen LogP contribution in [0.25, 0.3) is 0 Å². The SMILES string of the molecule is CS(=O)(=O)CCCNC1CC(N)c2ccccc21. The minimum atomic E-state index is -2.86. The van der Waals surface area contributed by atoms with Gasteiger partial charge in [0, 0.05) is 18.3 Å². The summed E-state index contributed by atoms with van der Waals surface area (Å²) in [5, 5.41) is 3.40. The van der Waals surface area contributed by atoms with Crippen LogP contribution in [-0.4, -0.2) is 27.0 Å². The number of benzene rings is 1. The van der Waals surface area contributed by atoms with Crippen LogP contribution in [0.15, 0.2) is 24.3 Å². The van der Waals surface area contributed by atoms with Gasteiger partial charge in [-0.1, -0.05) is 24.3 Å². The van der Waals surface area contributed by atoms with E-state index < -0.39 is 9.84 Å². The molecule has 0 amide bonds. The summed E-state index contributed by atoms with van der Waals surface area (Å²) in [6.07, 6.45) is 2.80. The van der Waals surface area contributed by atoms with Gasteiger partial charge in [0.1, 0.15) is 9.84 Å². The van der Waals surface area contributed by atoms with Crippen molar-refractivity contribution in [1.29, 1.82) is 0 Å². The van der Waals surface area contributed by atoms with E-state index in [4.69, 9.17) is 5.73 Å². The lowest BCUT2D eigenvalue weighted by Gasteiger charge is -2.13. The minimum Gasteiger partial charge on any atom is -0.324 e. The normalized spacial score (nSPS) is 23.0. The quantitative estimate of drug-likeness (QED) is 0.786. The third-order valence-electron chi connectivity index (χ3n) is 3.34. The molecule has 2 unspecified atom stereocenters. The van der Waals surface area contributed by atoms with Crippen molar-refractivity contribution < 1.29 is 8.42 Å². The Morgan fingerprint density at radius 1 is 1.33 bits per heavy atom. The molecule has 2 rings (SSSR count). The molecule has 5 heteroatoms. The lowest BCUT2D eigenvalue weighted by Crippen LogP contribution is -2.23. The first kappa shape index (κ1) is 13.5. The summed E-state index contributed by atoms with van der Waals surface area (Å²) >= 11 is 0. The summed E-state index contributed by atoms with van der Waals surface area (Å²) in [5.41, 5.74) is 8.53. The van der Waals surface area contributed by atoms with Crippen molar-refractivity contribution in [2.45, 2.75) is 24.9 Å². The maximum absolute atomic E-state index is 11.0. The molecule has 100 valence electrons. The van der Waals surface area contributed by atoms with Gasteiger partial charge in [-0.2, -0.15) is 0 Å². The Morgan fingerprint density at radius 2 is 2.00 bits per heavy atom. The number of hydrogen-bond acceptors (Lipinski definition) is 4. The molecule has 0 spiro atoms. The lowest BCUT2D eigenvalue weighted by atomic mass is 10.1. The molecule has 0 saturated heterocycles. The molecular formula is C13H20N2O2S.